The first-order chi connectivity index (χ1) is 20.4. The summed E-state index contributed by atoms with van der Waals surface area (Å²) in [6.07, 6.45) is 1.82. The molecule has 1 aliphatic carbocycles. The minimum Gasteiger partial charge on any atom is -0.423 e. The van der Waals surface area contributed by atoms with Crippen molar-refractivity contribution in [2.24, 2.45) is 17.8 Å². The van der Waals surface area contributed by atoms with Crippen molar-refractivity contribution >= 4 is 75.9 Å². The molecular formula is C31H24Cl4N2O6. The van der Waals surface area contributed by atoms with Crippen LogP contribution in [0.25, 0.3) is 0 Å². The van der Waals surface area contributed by atoms with Crippen LogP contribution in [-0.4, -0.2) is 46.0 Å². The Morgan fingerprint density at radius 3 is 2.00 bits per heavy atom. The monoisotopic (exact) mass is 660 g/mol. The van der Waals surface area contributed by atoms with Gasteiger partial charge in [0.05, 0.1) is 33.0 Å². The van der Waals surface area contributed by atoms with Gasteiger partial charge in [0.1, 0.15) is 12.3 Å². The average Bonchev–Trinajstić information content (AvgIpc) is 3.20. The molecule has 2 fully saturated rings. The van der Waals surface area contributed by atoms with Crippen molar-refractivity contribution in [1.82, 2.24) is 10.0 Å². The van der Waals surface area contributed by atoms with Crippen LogP contribution >= 0.6 is 46.4 Å². The lowest BCUT2D eigenvalue weighted by Gasteiger charge is -2.30. The lowest BCUT2D eigenvalue weighted by Crippen LogP contribution is -2.52. The Kier molecular flexibility index (Phi) is 9.13. The van der Waals surface area contributed by atoms with E-state index in [1.165, 1.54) is 60.7 Å². The predicted molar refractivity (Wildman–Crippen MR) is 162 cm³/mol. The van der Waals surface area contributed by atoms with E-state index < -0.39 is 47.9 Å². The Hall–Kier alpha value is -3.43. The van der Waals surface area contributed by atoms with Gasteiger partial charge in [-0.15, -0.1) is 0 Å². The molecule has 0 unspecified atom stereocenters. The van der Waals surface area contributed by atoms with Crippen LogP contribution in [-0.2, 0) is 9.59 Å². The molecule has 12 heteroatoms. The van der Waals surface area contributed by atoms with Crippen LogP contribution < -0.4 is 4.74 Å². The second-order valence-corrected chi connectivity index (χ2v) is 12.3. The van der Waals surface area contributed by atoms with Gasteiger partial charge in [0.25, 0.3) is 17.7 Å². The van der Waals surface area contributed by atoms with Crippen LogP contribution in [0.2, 0.25) is 20.1 Å². The number of amides is 3. The second-order valence-electron chi connectivity index (χ2n) is 10.6. The number of nitrogens with zero attached hydrogens (tertiary/aromatic N) is 2. The molecule has 3 atom stereocenters. The summed E-state index contributed by atoms with van der Waals surface area (Å²) in [6, 6.07) is 14.2. The van der Waals surface area contributed by atoms with Crippen molar-refractivity contribution in [3.8, 4) is 5.75 Å². The van der Waals surface area contributed by atoms with Gasteiger partial charge >= 0.3 is 5.97 Å². The first kappa shape index (κ1) is 31.0. The second kappa shape index (κ2) is 12.7. The highest BCUT2D eigenvalue weighted by atomic mass is 35.5. The maximum atomic E-state index is 13.8. The SMILES string of the molecule is C[C@@H]1CC[C@H]2C(=O)N(N(CC(=O)c3ccc(OC(=O)c4ccc(Cl)cc4Cl)cc3)C(=O)c3ccc(Cl)cc3Cl)C(=O)[C@H]2C1. The van der Waals surface area contributed by atoms with E-state index in [1.807, 2.05) is 6.92 Å². The minimum atomic E-state index is -0.797. The topological polar surface area (TPSA) is 101 Å². The number of carbonyl (C=O) groups is 5. The number of ketones is 1. The molecule has 0 spiro atoms. The van der Waals surface area contributed by atoms with Crippen LogP contribution in [0, 0.1) is 17.8 Å². The van der Waals surface area contributed by atoms with Gasteiger partial charge in [-0.1, -0.05) is 53.3 Å². The van der Waals surface area contributed by atoms with Crippen molar-refractivity contribution in [1.29, 1.82) is 0 Å². The number of hydrogen-bond donors (Lipinski definition) is 0. The molecule has 2 aliphatic rings. The zero-order valence-corrected chi connectivity index (χ0v) is 25.7. The first-order valence-corrected chi connectivity index (χ1v) is 14.9. The number of halogens is 4. The molecule has 1 heterocycles. The average molecular weight is 662 g/mol. The normalized spacial score (nSPS) is 19.7. The molecule has 0 aromatic heterocycles. The van der Waals surface area contributed by atoms with Crippen molar-refractivity contribution in [2.75, 3.05) is 6.54 Å². The molecule has 3 aromatic rings. The molecule has 5 rings (SSSR count). The Bertz CT molecular complexity index is 1640. The highest BCUT2D eigenvalue weighted by Gasteiger charge is 2.53. The first-order valence-electron chi connectivity index (χ1n) is 13.4. The lowest BCUT2D eigenvalue weighted by molar-refractivity contribution is -0.154. The molecule has 0 N–H and O–H groups in total. The summed E-state index contributed by atoms with van der Waals surface area (Å²) in [5, 5.41) is 2.45. The number of imide groups is 1. The van der Waals surface area contributed by atoms with E-state index in [4.69, 9.17) is 51.1 Å². The van der Waals surface area contributed by atoms with Crippen LogP contribution in [0.15, 0.2) is 60.7 Å². The predicted octanol–water partition coefficient (Wildman–Crippen LogP) is 7.18. The fourth-order valence-corrected chi connectivity index (χ4v) is 6.37. The minimum absolute atomic E-state index is 0.00652. The van der Waals surface area contributed by atoms with Crippen molar-refractivity contribution < 1.29 is 28.7 Å². The van der Waals surface area contributed by atoms with Gasteiger partial charge in [-0.2, -0.15) is 5.01 Å². The van der Waals surface area contributed by atoms with E-state index in [1.54, 1.807) is 0 Å². The summed E-state index contributed by atoms with van der Waals surface area (Å²) in [4.78, 5) is 66.8. The van der Waals surface area contributed by atoms with E-state index in [0.717, 1.165) is 16.4 Å². The summed E-state index contributed by atoms with van der Waals surface area (Å²) < 4.78 is 5.36. The summed E-state index contributed by atoms with van der Waals surface area (Å²) >= 11 is 24.3. The summed E-state index contributed by atoms with van der Waals surface area (Å²) in [5.41, 5.74) is 0.233. The van der Waals surface area contributed by atoms with E-state index in [0.29, 0.717) is 17.9 Å². The number of benzene rings is 3. The van der Waals surface area contributed by atoms with Crippen molar-refractivity contribution in [3.05, 3.63) is 97.4 Å². The van der Waals surface area contributed by atoms with Gasteiger partial charge in [0.2, 0.25) is 0 Å². The molecule has 8 nitrogen and oxygen atoms in total. The summed E-state index contributed by atoms with van der Waals surface area (Å²) in [5.74, 6) is -3.86. The van der Waals surface area contributed by atoms with E-state index in [9.17, 15) is 24.0 Å². The zero-order chi connectivity index (χ0) is 31.0. The molecule has 1 saturated heterocycles. The third kappa shape index (κ3) is 6.43. The number of hydrogen-bond acceptors (Lipinski definition) is 6. The highest BCUT2D eigenvalue weighted by Crippen LogP contribution is 2.41. The van der Waals surface area contributed by atoms with Gasteiger partial charge < -0.3 is 4.74 Å². The zero-order valence-electron chi connectivity index (χ0n) is 22.7. The number of rotatable bonds is 7. The van der Waals surface area contributed by atoms with Gasteiger partial charge in [0.15, 0.2) is 5.78 Å². The van der Waals surface area contributed by atoms with E-state index >= 15 is 0 Å². The largest absolute Gasteiger partial charge is 0.423 e. The number of carbonyl (C=O) groups excluding carboxylic acids is 5. The van der Waals surface area contributed by atoms with Crippen LogP contribution in [0.1, 0.15) is 57.3 Å². The molecule has 3 amide bonds. The number of hydrazine groups is 1. The molecule has 43 heavy (non-hydrogen) atoms. The molecule has 1 aliphatic heterocycles. The standard InChI is InChI=1S/C31H24Cl4N2O6/c1-16-2-9-21-24(12-16)30(41)37(29(21)40)36(28(39)22-10-5-18(32)13-25(22)34)15-27(38)17-3-7-20(8-4-17)43-31(42)23-11-6-19(33)14-26(23)35/h3-8,10-11,13-14,16,21,24H,2,9,12,15H2,1H3/t16-,21-,24+/m1/s1. The number of esters is 1. The maximum absolute atomic E-state index is 13.8. The molecule has 3 aromatic carbocycles. The smallest absolute Gasteiger partial charge is 0.345 e. The quantitative estimate of drug-likeness (QED) is 0.115. The van der Waals surface area contributed by atoms with E-state index in [2.05, 4.69) is 0 Å². The fraction of sp³-hybridized carbons (Fsp3) is 0.258. The van der Waals surface area contributed by atoms with E-state index in [-0.39, 0.29) is 43.4 Å². The molecule has 0 radical (unpaired) electrons. The van der Waals surface area contributed by atoms with Crippen molar-refractivity contribution in [2.45, 2.75) is 26.2 Å². The Morgan fingerprint density at radius 1 is 0.814 bits per heavy atom. The molecule has 1 saturated carbocycles. The molecule has 0 bridgehead atoms. The third-order valence-electron chi connectivity index (χ3n) is 7.63. The van der Waals surface area contributed by atoms with Crippen LogP contribution in [0.4, 0.5) is 0 Å². The maximum Gasteiger partial charge on any atom is 0.345 e. The molecule has 222 valence electrons. The number of Topliss-reactive ketones (excluding diaryl/α,β-unsaturated/α-hetero) is 1. The highest BCUT2D eigenvalue weighted by molar-refractivity contribution is 6.37. The number of ether oxygens (including phenoxy) is 1. The summed E-state index contributed by atoms with van der Waals surface area (Å²) in [7, 11) is 0. The molecular weight excluding hydrogens is 638 g/mol. The summed E-state index contributed by atoms with van der Waals surface area (Å²) in [6.45, 7) is 1.39. The van der Waals surface area contributed by atoms with Crippen molar-refractivity contribution in [3.63, 3.8) is 0 Å². The van der Waals surface area contributed by atoms with Gasteiger partial charge in [-0.25, -0.2) is 9.80 Å². The van der Waals surface area contributed by atoms with Gasteiger partial charge in [-0.3, -0.25) is 19.2 Å². The third-order valence-corrected chi connectivity index (χ3v) is 8.73. The Labute approximate surface area is 267 Å². The Morgan fingerprint density at radius 2 is 1.40 bits per heavy atom. The lowest BCUT2D eigenvalue weighted by atomic mass is 9.76. The number of fused-ring (bicyclic) bond motifs is 1. The fourth-order valence-electron chi connectivity index (χ4n) is 5.40. The van der Waals surface area contributed by atoms with Crippen LogP contribution in [0.3, 0.4) is 0 Å². The van der Waals surface area contributed by atoms with Gasteiger partial charge in [-0.05, 0) is 85.8 Å². The van der Waals surface area contributed by atoms with Gasteiger partial charge in [0, 0.05) is 15.6 Å². The Balaban J connectivity index is 1.39. The van der Waals surface area contributed by atoms with Crippen LogP contribution in [0.5, 0.6) is 5.75 Å².